The van der Waals surface area contributed by atoms with E-state index in [0.717, 1.165) is 24.3 Å². The number of amides is 2. The predicted molar refractivity (Wildman–Crippen MR) is 153 cm³/mol. The molecule has 3 N–H and O–H groups in total. The van der Waals surface area contributed by atoms with Gasteiger partial charge in [-0.3, -0.25) is 9.59 Å². The van der Waals surface area contributed by atoms with Crippen molar-refractivity contribution < 1.29 is 22.8 Å². The number of halogens is 3. The van der Waals surface area contributed by atoms with Crippen molar-refractivity contribution in [1.82, 2.24) is 24.6 Å². The Morgan fingerprint density at radius 3 is 2.37 bits per heavy atom. The Balaban J connectivity index is 1.35. The third kappa shape index (κ3) is 6.04. The lowest BCUT2D eigenvalue weighted by Crippen LogP contribution is -2.39. The van der Waals surface area contributed by atoms with Gasteiger partial charge in [0.15, 0.2) is 5.65 Å². The van der Waals surface area contributed by atoms with E-state index >= 15 is 0 Å². The molecule has 4 aromatic rings. The number of allylic oxidation sites excluding steroid dienone is 1. The summed E-state index contributed by atoms with van der Waals surface area (Å²) in [6.45, 7) is 2.78. The van der Waals surface area contributed by atoms with Crippen molar-refractivity contribution in [1.29, 1.82) is 5.26 Å². The largest absolute Gasteiger partial charge is 0.416 e. The Morgan fingerprint density at radius 2 is 1.77 bits per heavy atom. The fourth-order valence-corrected chi connectivity index (χ4v) is 5.05. The average Bonchev–Trinajstić information content (AvgIpc) is 3.40. The number of fused-ring (bicyclic) bond motifs is 1. The molecule has 1 saturated heterocycles. The zero-order valence-electron chi connectivity index (χ0n) is 23.1. The third-order valence-electron chi connectivity index (χ3n) is 7.27. The van der Waals surface area contributed by atoms with E-state index in [1.165, 1.54) is 6.33 Å². The van der Waals surface area contributed by atoms with Gasteiger partial charge in [0.25, 0.3) is 11.8 Å². The first kappa shape index (κ1) is 29.2. The number of hydrogen-bond donors (Lipinski definition) is 2. The van der Waals surface area contributed by atoms with Crippen LogP contribution in [0.1, 0.15) is 48.1 Å². The van der Waals surface area contributed by atoms with Crippen LogP contribution in [0.4, 0.5) is 24.7 Å². The van der Waals surface area contributed by atoms with Gasteiger partial charge < -0.3 is 16.0 Å². The molecule has 1 aliphatic heterocycles. The van der Waals surface area contributed by atoms with Crippen molar-refractivity contribution in [3.8, 4) is 17.3 Å². The van der Waals surface area contributed by atoms with Crippen molar-refractivity contribution in [2.45, 2.75) is 38.4 Å². The van der Waals surface area contributed by atoms with Crippen LogP contribution in [0.3, 0.4) is 0 Å². The average molecular weight is 589 g/mol. The lowest BCUT2D eigenvalue weighted by atomic mass is 10.0. The van der Waals surface area contributed by atoms with E-state index in [4.69, 9.17) is 10.8 Å². The number of nitrogens with zero attached hydrogens (tertiary/aromatic N) is 6. The molecule has 1 aliphatic rings. The molecular weight excluding hydrogens is 561 g/mol. The second-order valence-electron chi connectivity index (χ2n) is 10.0. The second kappa shape index (κ2) is 11.9. The van der Waals surface area contributed by atoms with Crippen LogP contribution < -0.4 is 11.1 Å². The summed E-state index contributed by atoms with van der Waals surface area (Å²) < 4.78 is 40.3. The van der Waals surface area contributed by atoms with E-state index in [1.807, 2.05) is 13.0 Å². The number of nitrogen functional groups attached to an aromatic ring is 1. The van der Waals surface area contributed by atoms with E-state index in [0.29, 0.717) is 60.3 Å². The molecule has 3 heterocycles. The van der Waals surface area contributed by atoms with E-state index in [9.17, 15) is 28.0 Å². The summed E-state index contributed by atoms with van der Waals surface area (Å²) in [7, 11) is 0. The van der Waals surface area contributed by atoms with Gasteiger partial charge in [0.1, 0.15) is 29.5 Å². The predicted octanol–water partition coefficient (Wildman–Crippen LogP) is 5.37. The van der Waals surface area contributed by atoms with Crippen LogP contribution in [-0.2, 0) is 11.0 Å². The maximum absolute atomic E-state index is 12.8. The quantitative estimate of drug-likeness (QED) is 0.228. The molecule has 2 amide bonds. The number of carbonyl (C=O) groups excluding carboxylic acids is 2. The molecule has 0 radical (unpaired) electrons. The highest BCUT2D eigenvalue weighted by Gasteiger charge is 2.31. The second-order valence-corrected chi connectivity index (χ2v) is 10.0. The summed E-state index contributed by atoms with van der Waals surface area (Å²) in [5.74, 6) is -0.571. The summed E-state index contributed by atoms with van der Waals surface area (Å²) in [5, 5.41) is 17.4. The van der Waals surface area contributed by atoms with Gasteiger partial charge in [-0.2, -0.15) is 23.5 Å². The fourth-order valence-electron chi connectivity index (χ4n) is 5.05. The van der Waals surface area contributed by atoms with Gasteiger partial charge in [-0.1, -0.05) is 25.1 Å². The lowest BCUT2D eigenvalue weighted by molar-refractivity contribution is -0.137. The van der Waals surface area contributed by atoms with E-state index in [2.05, 4.69) is 15.3 Å². The van der Waals surface area contributed by atoms with Crippen molar-refractivity contribution in [3.05, 3.63) is 77.6 Å². The van der Waals surface area contributed by atoms with Crippen LogP contribution in [0.2, 0.25) is 0 Å². The first-order valence-corrected chi connectivity index (χ1v) is 13.6. The number of aromatic nitrogens is 4. The molecule has 0 spiro atoms. The minimum atomic E-state index is -4.49. The van der Waals surface area contributed by atoms with Gasteiger partial charge in [-0.05, 0) is 55.7 Å². The number of anilines is 2. The number of nitriles is 1. The minimum absolute atomic E-state index is 0.0717. The van der Waals surface area contributed by atoms with Crippen molar-refractivity contribution in [2.24, 2.45) is 0 Å². The zero-order chi connectivity index (χ0) is 30.7. The summed E-state index contributed by atoms with van der Waals surface area (Å²) in [5.41, 5.74) is 7.88. The molecular formula is C30H27F3N8O2. The van der Waals surface area contributed by atoms with Crippen molar-refractivity contribution in [3.63, 3.8) is 0 Å². The summed E-state index contributed by atoms with van der Waals surface area (Å²) in [4.78, 5) is 35.6. The number of carbonyl (C=O) groups is 2. The Labute approximate surface area is 244 Å². The summed E-state index contributed by atoms with van der Waals surface area (Å²) in [6.07, 6.45) is 0.318. The van der Waals surface area contributed by atoms with Crippen LogP contribution in [0, 0.1) is 11.3 Å². The first-order valence-electron chi connectivity index (χ1n) is 13.6. The zero-order valence-corrected chi connectivity index (χ0v) is 23.1. The van der Waals surface area contributed by atoms with Crippen LogP contribution >= 0.6 is 0 Å². The molecule has 43 heavy (non-hydrogen) atoms. The number of nitrogens with one attached hydrogen (secondary N) is 1. The number of hydrogen-bond acceptors (Lipinski definition) is 7. The van der Waals surface area contributed by atoms with Crippen LogP contribution in [-0.4, -0.2) is 49.6 Å². The van der Waals surface area contributed by atoms with Crippen molar-refractivity contribution >= 4 is 34.4 Å². The van der Waals surface area contributed by atoms with Gasteiger partial charge in [-0.25, -0.2) is 14.6 Å². The highest BCUT2D eigenvalue weighted by molar-refractivity contribution is 6.04. The minimum Gasteiger partial charge on any atom is -0.383 e. The number of piperidine rings is 1. The number of alkyl halides is 3. The van der Waals surface area contributed by atoms with Crippen molar-refractivity contribution in [2.75, 3.05) is 24.1 Å². The molecule has 5 rings (SSSR count). The Kier molecular flexibility index (Phi) is 8.11. The SMILES string of the molecule is CC/C=C(/C#N)C(=O)N1CCC(n2nc(-c3ccc(NC(=O)c4ccc(C(F)(F)F)cc4)cc3)c3c(N)ncnc32)CC1. The Morgan fingerprint density at radius 1 is 1.09 bits per heavy atom. The number of rotatable bonds is 6. The monoisotopic (exact) mass is 588 g/mol. The molecule has 13 heteroatoms. The maximum Gasteiger partial charge on any atom is 0.416 e. The fraction of sp³-hybridized carbons (Fsp3) is 0.267. The summed E-state index contributed by atoms with van der Waals surface area (Å²) >= 11 is 0. The number of nitrogens with two attached hydrogens (primary N) is 1. The third-order valence-corrected chi connectivity index (χ3v) is 7.27. The molecule has 220 valence electrons. The van der Waals surface area contributed by atoms with Crippen LogP contribution in [0.5, 0.6) is 0 Å². The van der Waals surface area contributed by atoms with E-state index in [-0.39, 0.29) is 28.9 Å². The topological polar surface area (TPSA) is 143 Å². The standard InChI is InChI=1S/C30H27F3N8O2/c1-2-3-20(16-34)29(43)40-14-12-23(13-15-40)41-27-24(26(35)36-17-37-27)25(39-41)18-6-10-22(11-7-18)38-28(42)19-4-8-21(9-5-19)30(31,32)33/h3-11,17,23H,2,12-15H2,1H3,(H,38,42)(H2,35,36,37)/b20-3-. The smallest absolute Gasteiger partial charge is 0.383 e. The van der Waals surface area contributed by atoms with Gasteiger partial charge >= 0.3 is 6.18 Å². The van der Waals surface area contributed by atoms with Crippen LogP contribution in [0.15, 0.2) is 66.5 Å². The molecule has 0 unspecified atom stereocenters. The molecule has 0 atom stereocenters. The molecule has 2 aromatic carbocycles. The van der Waals surface area contributed by atoms with Gasteiger partial charge in [0.2, 0.25) is 0 Å². The maximum atomic E-state index is 12.8. The molecule has 10 nitrogen and oxygen atoms in total. The summed E-state index contributed by atoms with van der Waals surface area (Å²) in [6, 6.07) is 12.7. The Hall–Kier alpha value is -5.25. The van der Waals surface area contributed by atoms with E-state index < -0.39 is 17.6 Å². The van der Waals surface area contributed by atoms with Gasteiger partial charge in [0, 0.05) is 29.9 Å². The lowest BCUT2D eigenvalue weighted by Gasteiger charge is -2.32. The molecule has 0 saturated carbocycles. The Bertz CT molecular complexity index is 1730. The van der Waals surface area contributed by atoms with Gasteiger partial charge in [-0.15, -0.1) is 0 Å². The number of benzene rings is 2. The molecule has 0 bridgehead atoms. The van der Waals surface area contributed by atoms with E-state index in [1.54, 1.807) is 39.9 Å². The normalized spacial score (nSPS) is 14.5. The number of likely N-dealkylation sites (tertiary alicyclic amines) is 1. The highest BCUT2D eigenvalue weighted by atomic mass is 19.4. The van der Waals surface area contributed by atoms with Crippen LogP contribution in [0.25, 0.3) is 22.3 Å². The molecule has 0 aliphatic carbocycles. The molecule has 1 fully saturated rings. The highest BCUT2D eigenvalue weighted by Crippen LogP contribution is 2.35. The molecule has 2 aromatic heterocycles. The van der Waals surface area contributed by atoms with Gasteiger partial charge in [0.05, 0.1) is 17.0 Å². The first-order chi connectivity index (χ1) is 20.6.